The Morgan fingerprint density at radius 1 is 1.73 bits per heavy atom. The van der Waals surface area contributed by atoms with Crippen LogP contribution in [0.5, 0.6) is 0 Å². The first kappa shape index (κ1) is 17.2. The van der Waals surface area contributed by atoms with E-state index in [0.717, 1.165) is 0 Å². The Labute approximate surface area is 136 Å². The Balaban J connectivity index is 2.16. The molecule has 1 aliphatic rings. The summed E-state index contributed by atoms with van der Waals surface area (Å²) in [6.45, 7) is -0.431. The summed E-state index contributed by atoms with van der Waals surface area (Å²) in [7, 11) is 5.52. The molecule has 3 unspecified atom stereocenters. The van der Waals surface area contributed by atoms with Gasteiger partial charge in [-0.2, -0.15) is 0 Å². The number of carbonyl (C=O) groups excluding carboxylic acids is 1. The highest BCUT2D eigenvalue weighted by Crippen LogP contribution is 2.33. The molecule has 11 heteroatoms. The van der Waals surface area contributed by atoms with Crippen LogP contribution >= 0.6 is 23.8 Å². The summed E-state index contributed by atoms with van der Waals surface area (Å²) in [6.07, 6.45) is 0.202. The van der Waals surface area contributed by atoms with Crippen molar-refractivity contribution in [1.29, 1.82) is 0 Å². The van der Waals surface area contributed by atoms with Crippen molar-refractivity contribution in [2.75, 3.05) is 6.54 Å². The van der Waals surface area contributed by atoms with Crippen molar-refractivity contribution in [2.24, 2.45) is 5.73 Å². The summed E-state index contributed by atoms with van der Waals surface area (Å²) < 4.78 is 11.4. The summed E-state index contributed by atoms with van der Waals surface area (Å²) >= 11 is 10.7. The van der Waals surface area contributed by atoms with Crippen LogP contribution in [0, 0.1) is 4.64 Å². The lowest BCUT2D eigenvalue weighted by Crippen LogP contribution is -2.48. The van der Waals surface area contributed by atoms with Gasteiger partial charge in [0.25, 0.3) is 0 Å². The minimum atomic E-state index is -2.33. The number of nitrogens with zero attached hydrogens (tertiary/aromatic N) is 1. The fraction of sp³-hybridized carbons (Fsp3) is 0.545. The van der Waals surface area contributed by atoms with Crippen LogP contribution in [0.3, 0.4) is 0 Å². The Bertz CT molecular complexity index is 691. The summed E-state index contributed by atoms with van der Waals surface area (Å²) in [5.74, 6) is -0.874. The van der Waals surface area contributed by atoms with E-state index in [2.05, 4.69) is 9.72 Å². The zero-order chi connectivity index (χ0) is 16.5. The smallest absolute Gasteiger partial charge is 0.328 e. The van der Waals surface area contributed by atoms with Crippen LogP contribution in [-0.2, 0) is 14.3 Å². The highest BCUT2D eigenvalue weighted by molar-refractivity contribution is 7.71. The number of hydrogen-bond acceptors (Lipinski definition) is 7. The van der Waals surface area contributed by atoms with E-state index >= 15 is 0 Å². The van der Waals surface area contributed by atoms with Crippen molar-refractivity contribution in [3.63, 3.8) is 0 Å². The number of rotatable bonds is 4. The number of aromatic nitrogens is 2. The number of hydrogen-bond donors (Lipinski definition) is 3. The van der Waals surface area contributed by atoms with Gasteiger partial charge in [0.15, 0.2) is 13.5 Å². The average molecular weight is 346 g/mol. The predicted molar refractivity (Wildman–Crippen MR) is 79.9 cm³/mol. The second-order valence-corrected chi connectivity index (χ2v) is 5.55. The van der Waals surface area contributed by atoms with Crippen LogP contribution in [0.2, 0.25) is 5.02 Å². The van der Waals surface area contributed by atoms with Crippen LogP contribution in [0.25, 0.3) is 0 Å². The molecule has 0 amide bonds. The number of esters is 1. The lowest BCUT2D eigenvalue weighted by molar-refractivity contribution is -0.214. The van der Waals surface area contributed by atoms with Crippen molar-refractivity contribution < 1.29 is 19.4 Å². The van der Waals surface area contributed by atoms with Crippen LogP contribution in [-0.4, -0.2) is 46.8 Å². The normalized spacial score (nSPS) is 24.0. The minimum Gasteiger partial charge on any atom is -0.440 e. The molecule has 2 radical (unpaired) electrons. The number of ether oxygens (including phenoxy) is 2. The zero-order valence-electron chi connectivity index (χ0n) is 11.3. The standard InChI is InChI=1S/C11H13BClN3O5S/c12-11(19,21-8(17)3-14)6-1-2-7(20-6)16-4-5(13)9(22)15-10(16)18/h4,6-7,19H,1-3,14H2,(H,15,18,22). The summed E-state index contributed by atoms with van der Waals surface area (Å²) in [4.78, 5) is 25.4. The first-order valence-corrected chi connectivity index (χ1v) is 7.13. The van der Waals surface area contributed by atoms with Crippen LogP contribution in [0.15, 0.2) is 11.0 Å². The number of aliphatic hydroxyl groups is 1. The molecule has 22 heavy (non-hydrogen) atoms. The van der Waals surface area contributed by atoms with Crippen molar-refractivity contribution >= 4 is 37.6 Å². The Morgan fingerprint density at radius 3 is 3.05 bits per heavy atom. The second-order valence-electron chi connectivity index (χ2n) is 4.73. The number of nitrogens with one attached hydrogen (secondary N) is 1. The number of carbonyl (C=O) groups is 1. The minimum absolute atomic E-state index is 0.115. The van der Waals surface area contributed by atoms with Gasteiger partial charge in [-0.3, -0.25) is 14.3 Å². The molecule has 4 N–H and O–H groups in total. The van der Waals surface area contributed by atoms with Gasteiger partial charge in [0, 0.05) is 6.20 Å². The first-order valence-electron chi connectivity index (χ1n) is 6.34. The maximum absolute atomic E-state index is 11.9. The third kappa shape index (κ3) is 3.58. The molecule has 3 atom stereocenters. The Morgan fingerprint density at radius 2 is 2.41 bits per heavy atom. The van der Waals surface area contributed by atoms with Crippen LogP contribution < -0.4 is 11.4 Å². The molecule has 1 aromatic heterocycles. The van der Waals surface area contributed by atoms with Crippen molar-refractivity contribution in [1.82, 2.24) is 9.55 Å². The van der Waals surface area contributed by atoms with Crippen molar-refractivity contribution in [3.8, 4) is 0 Å². The first-order chi connectivity index (χ1) is 10.2. The van der Waals surface area contributed by atoms with Gasteiger partial charge in [-0.15, -0.1) is 0 Å². The van der Waals surface area contributed by atoms with Gasteiger partial charge in [0.05, 0.1) is 11.6 Å². The monoisotopic (exact) mass is 345 g/mol. The average Bonchev–Trinajstić information content (AvgIpc) is 2.92. The van der Waals surface area contributed by atoms with E-state index in [0.29, 0.717) is 6.42 Å². The summed E-state index contributed by atoms with van der Waals surface area (Å²) in [5, 5.41) is 10.1. The molecular formula is C11H13BClN3O5S. The van der Waals surface area contributed by atoms with E-state index in [-0.39, 0.29) is 16.1 Å². The molecule has 2 heterocycles. The third-order valence-corrected chi connectivity index (χ3v) is 3.86. The number of halogens is 1. The fourth-order valence-electron chi connectivity index (χ4n) is 2.09. The molecule has 2 rings (SSSR count). The van der Waals surface area contributed by atoms with Gasteiger partial charge in [0.2, 0.25) is 0 Å². The van der Waals surface area contributed by atoms with E-state index in [1.807, 2.05) is 0 Å². The molecule has 0 bridgehead atoms. The molecule has 1 fully saturated rings. The molecule has 118 valence electrons. The van der Waals surface area contributed by atoms with Crippen molar-refractivity contribution in [3.05, 3.63) is 26.3 Å². The van der Waals surface area contributed by atoms with E-state index in [1.54, 1.807) is 0 Å². The fourth-order valence-corrected chi connectivity index (χ4v) is 2.39. The molecule has 0 aliphatic carbocycles. The molecule has 0 aromatic carbocycles. The number of H-pyrrole nitrogens is 1. The third-order valence-electron chi connectivity index (χ3n) is 3.14. The molecule has 1 aromatic rings. The predicted octanol–water partition coefficient (Wildman–Crippen LogP) is -0.447. The van der Waals surface area contributed by atoms with E-state index in [9.17, 15) is 14.7 Å². The van der Waals surface area contributed by atoms with Gasteiger partial charge in [0.1, 0.15) is 17.0 Å². The number of nitrogens with two attached hydrogens (primary N) is 1. The molecule has 0 spiro atoms. The quantitative estimate of drug-likeness (QED) is 0.293. The van der Waals surface area contributed by atoms with Gasteiger partial charge in [-0.1, -0.05) is 23.8 Å². The van der Waals surface area contributed by atoms with E-state index in [4.69, 9.17) is 42.1 Å². The van der Waals surface area contributed by atoms with E-state index in [1.165, 1.54) is 10.8 Å². The topological polar surface area (TPSA) is 120 Å². The lowest BCUT2D eigenvalue weighted by atomic mass is 9.87. The van der Waals surface area contributed by atoms with Crippen LogP contribution in [0.1, 0.15) is 19.1 Å². The van der Waals surface area contributed by atoms with Gasteiger partial charge < -0.3 is 20.3 Å². The van der Waals surface area contributed by atoms with Gasteiger partial charge in [-0.05, 0) is 12.8 Å². The molecular weight excluding hydrogens is 332 g/mol. The number of aromatic amines is 1. The maximum Gasteiger partial charge on any atom is 0.328 e. The Kier molecular flexibility index (Phi) is 5.08. The van der Waals surface area contributed by atoms with Crippen LogP contribution in [0.4, 0.5) is 0 Å². The molecule has 8 nitrogen and oxygen atoms in total. The summed E-state index contributed by atoms with van der Waals surface area (Å²) in [5.41, 5.74) is 2.24. The zero-order valence-corrected chi connectivity index (χ0v) is 12.9. The van der Waals surface area contributed by atoms with E-state index < -0.39 is 36.2 Å². The SMILES string of the molecule is [B]C(O)(OC(=O)CN)C1CCC(n2cc(Cl)c(=S)[nH]c2=O)O1. The van der Waals surface area contributed by atoms with Gasteiger partial charge in [-0.25, -0.2) is 4.79 Å². The van der Waals surface area contributed by atoms with Crippen molar-refractivity contribution in [2.45, 2.75) is 30.9 Å². The second kappa shape index (κ2) is 6.51. The lowest BCUT2D eigenvalue weighted by Gasteiger charge is -2.30. The van der Waals surface area contributed by atoms with Gasteiger partial charge >= 0.3 is 11.7 Å². The Hall–Kier alpha value is -1.20. The highest BCUT2D eigenvalue weighted by Gasteiger charge is 2.42. The molecule has 1 aliphatic heterocycles. The maximum atomic E-state index is 11.9. The largest absolute Gasteiger partial charge is 0.440 e. The highest BCUT2D eigenvalue weighted by atomic mass is 35.5. The molecule has 0 saturated carbocycles. The summed E-state index contributed by atoms with van der Waals surface area (Å²) in [6, 6.07) is 0. The molecule has 1 saturated heterocycles.